The highest BCUT2D eigenvalue weighted by Crippen LogP contribution is 2.43. The van der Waals surface area contributed by atoms with Crippen molar-refractivity contribution in [3.8, 4) is 0 Å². The van der Waals surface area contributed by atoms with Crippen molar-refractivity contribution >= 4 is 25.5 Å². The SMILES string of the molecule is O=P(O)(O)N(Cl)c1ncccn1. The van der Waals surface area contributed by atoms with Crippen LogP contribution in [0.25, 0.3) is 0 Å². The molecule has 0 fully saturated rings. The summed E-state index contributed by atoms with van der Waals surface area (Å²) in [5.41, 5.74) is 0. The first-order valence-electron chi connectivity index (χ1n) is 2.81. The Bertz CT molecular complexity index is 302. The molecule has 0 aliphatic rings. The molecule has 1 aromatic rings. The Hall–Kier alpha value is -0.680. The fourth-order valence-electron chi connectivity index (χ4n) is 0.503. The summed E-state index contributed by atoms with van der Waals surface area (Å²) in [6, 6.07) is 1.51. The van der Waals surface area contributed by atoms with E-state index in [9.17, 15) is 4.57 Å². The molecule has 0 aromatic carbocycles. The van der Waals surface area contributed by atoms with Crippen molar-refractivity contribution in [2.45, 2.75) is 0 Å². The second-order valence-corrected chi connectivity index (χ2v) is 3.82. The van der Waals surface area contributed by atoms with Crippen LogP contribution in [0.4, 0.5) is 5.95 Å². The van der Waals surface area contributed by atoms with Gasteiger partial charge in [-0.1, -0.05) is 0 Å². The number of anilines is 1. The maximum Gasteiger partial charge on any atom is 0.447 e. The Morgan fingerprint density at radius 3 is 2.33 bits per heavy atom. The van der Waals surface area contributed by atoms with Crippen molar-refractivity contribution in [2.75, 3.05) is 4.19 Å². The Morgan fingerprint density at radius 2 is 1.92 bits per heavy atom. The molecule has 0 amide bonds. The van der Waals surface area contributed by atoms with Gasteiger partial charge in [-0.25, -0.2) is 14.5 Å². The van der Waals surface area contributed by atoms with Crippen LogP contribution in [-0.2, 0) is 4.57 Å². The maximum absolute atomic E-state index is 10.5. The number of halogens is 1. The smallest absolute Gasteiger partial charge is 0.307 e. The monoisotopic (exact) mass is 209 g/mol. The average molecular weight is 210 g/mol. The van der Waals surface area contributed by atoms with Crippen molar-refractivity contribution in [1.29, 1.82) is 0 Å². The quantitative estimate of drug-likeness (QED) is 0.546. The van der Waals surface area contributed by atoms with Gasteiger partial charge in [-0.05, 0) is 6.07 Å². The van der Waals surface area contributed by atoms with Crippen molar-refractivity contribution in [3.05, 3.63) is 18.5 Å². The first-order valence-corrected chi connectivity index (χ1v) is 4.71. The van der Waals surface area contributed by atoms with E-state index in [4.69, 9.17) is 21.6 Å². The van der Waals surface area contributed by atoms with E-state index >= 15 is 0 Å². The standard InChI is InChI=1S/C4H5ClN3O3P/c5-8(12(9,10)11)4-6-2-1-3-7-4/h1-3H,(H2,9,10,11). The topological polar surface area (TPSA) is 86.5 Å². The zero-order chi connectivity index (χ0) is 9.19. The molecule has 0 unspecified atom stereocenters. The third-order valence-electron chi connectivity index (χ3n) is 0.946. The third-order valence-corrected chi connectivity index (χ3v) is 2.32. The van der Waals surface area contributed by atoms with E-state index in [2.05, 4.69) is 9.97 Å². The van der Waals surface area contributed by atoms with Crippen LogP contribution in [0.1, 0.15) is 0 Å². The molecule has 0 saturated carbocycles. The highest BCUT2D eigenvalue weighted by atomic mass is 35.5. The van der Waals surface area contributed by atoms with Gasteiger partial charge in [-0.3, -0.25) is 0 Å². The van der Waals surface area contributed by atoms with E-state index in [1.54, 1.807) is 0 Å². The molecule has 1 heterocycles. The molecular formula is C4H5ClN3O3P. The maximum atomic E-state index is 10.5. The molecule has 0 spiro atoms. The average Bonchev–Trinajstić information content (AvgIpc) is 2.03. The summed E-state index contributed by atoms with van der Waals surface area (Å²) < 4.78 is 10.7. The molecule has 0 radical (unpaired) electrons. The van der Waals surface area contributed by atoms with Gasteiger partial charge < -0.3 is 9.79 Å². The number of hydrogen-bond donors (Lipinski definition) is 2. The van der Waals surface area contributed by atoms with Gasteiger partial charge in [0.05, 0.1) is 0 Å². The number of aromatic nitrogens is 2. The van der Waals surface area contributed by atoms with E-state index in [1.807, 2.05) is 0 Å². The predicted molar refractivity (Wildman–Crippen MR) is 42.4 cm³/mol. The Labute approximate surface area is 73.2 Å². The van der Waals surface area contributed by atoms with Crippen LogP contribution in [0.5, 0.6) is 0 Å². The largest absolute Gasteiger partial charge is 0.447 e. The lowest BCUT2D eigenvalue weighted by Crippen LogP contribution is -2.08. The van der Waals surface area contributed by atoms with Gasteiger partial charge in [0.25, 0.3) is 0 Å². The van der Waals surface area contributed by atoms with Crippen LogP contribution in [-0.4, -0.2) is 19.8 Å². The predicted octanol–water partition coefficient (Wildman–Crippen LogP) is 0.529. The Balaban J connectivity index is 2.94. The fourth-order valence-corrected chi connectivity index (χ4v) is 0.927. The zero-order valence-corrected chi connectivity index (χ0v) is 7.35. The summed E-state index contributed by atoms with van der Waals surface area (Å²) in [6.07, 6.45) is 2.65. The molecule has 8 heteroatoms. The van der Waals surface area contributed by atoms with Crippen molar-refractivity contribution < 1.29 is 14.4 Å². The van der Waals surface area contributed by atoms with Gasteiger partial charge >= 0.3 is 7.75 Å². The van der Waals surface area contributed by atoms with Gasteiger partial charge in [-0.15, -0.1) is 0 Å². The van der Waals surface area contributed by atoms with E-state index in [1.165, 1.54) is 18.5 Å². The van der Waals surface area contributed by atoms with E-state index in [0.29, 0.717) is 0 Å². The molecule has 2 N–H and O–H groups in total. The van der Waals surface area contributed by atoms with Crippen molar-refractivity contribution in [3.63, 3.8) is 0 Å². The molecule has 6 nitrogen and oxygen atoms in total. The minimum atomic E-state index is -4.50. The van der Waals surface area contributed by atoms with E-state index < -0.39 is 7.75 Å². The molecule has 0 aliphatic carbocycles. The first kappa shape index (κ1) is 9.41. The van der Waals surface area contributed by atoms with Crippen LogP contribution < -0.4 is 4.19 Å². The Morgan fingerprint density at radius 1 is 1.42 bits per heavy atom. The van der Waals surface area contributed by atoms with Gasteiger partial charge in [0.1, 0.15) is 0 Å². The summed E-state index contributed by atoms with van der Waals surface area (Å²) in [5, 5.41) is 0. The minimum absolute atomic E-state index is 0.188. The summed E-state index contributed by atoms with van der Waals surface area (Å²) in [4.78, 5) is 24.2. The lowest BCUT2D eigenvalue weighted by atomic mass is 10.7. The second kappa shape index (κ2) is 3.37. The molecule has 1 aromatic heterocycles. The second-order valence-electron chi connectivity index (χ2n) is 1.82. The fraction of sp³-hybridized carbons (Fsp3) is 0. The Kier molecular flexibility index (Phi) is 2.64. The van der Waals surface area contributed by atoms with Crippen LogP contribution >= 0.6 is 19.5 Å². The van der Waals surface area contributed by atoms with E-state index in [0.717, 1.165) is 0 Å². The lowest BCUT2D eigenvalue weighted by Gasteiger charge is -2.12. The number of nitrogens with zero attached hydrogens (tertiary/aromatic N) is 3. The molecule has 0 saturated heterocycles. The molecule has 1 rings (SSSR count). The number of rotatable bonds is 2. The highest BCUT2D eigenvalue weighted by Gasteiger charge is 2.26. The summed E-state index contributed by atoms with van der Waals surface area (Å²) >= 11 is 5.23. The van der Waals surface area contributed by atoms with Gasteiger partial charge in [-0.2, -0.15) is 4.19 Å². The summed E-state index contributed by atoms with van der Waals surface area (Å²) in [7, 11) is -4.50. The van der Waals surface area contributed by atoms with Gasteiger partial charge in [0.15, 0.2) is 0 Å². The summed E-state index contributed by atoms with van der Waals surface area (Å²) in [5.74, 6) is -0.229. The normalized spacial score (nSPS) is 11.2. The molecular weight excluding hydrogens is 204 g/mol. The van der Waals surface area contributed by atoms with Crippen molar-refractivity contribution in [1.82, 2.24) is 9.97 Å². The summed E-state index contributed by atoms with van der Waals surface area (Å²) in [6.45, 7) is 0. The van der Waals surface area contributed by atoms with Crippen molar-refractivity contribution in [2.24, 2.45) is 0 Å². The van der Waals surface area contributed by atoms with Gasteiger partial charge in [0, 0.05) is 24.2 Å². The molecule has 0 aliphatic heterocycles. The van der Waals surface area contributed by atoms with Crippen LogP contribution in [0.3, 0.4) is 0 Å². The molecule has 0 atom stereocenters. The van der Waals surface area contributed by atoms with Crippen LogP contribution in [0.15, 0.2) is 18.5 Å². The first-order chi connectivity index (χ1) is 5.52. The minimum Gasteiger partial charge on any atom is -0.307 e. The van der Waals surface area contributed by atoms with E-state index in [-0.39, 0.29) is 10.1 Å². The van der Waals surface area contributed by atoms with Gasteiger partial charge in [0.2, 0.25) is 5.95 Å². The molecule has 12 heavy (non-hydrogen) atoms. The third kappa shape index (κ3) is 2.15. The molecule has 66 valence electrons. The van der Waals surface area contributed by atoms with Crippen LogP contribution in [0.2, 0.25) is 0 Å². The number of hydrogen-bond acceptors (Lipinski definition) is 3. The lowest BCUT2D eigenvalue weighted by molar-refractivity contribution is 0.375. The molecule has 0 bridgehead atoms. The van der Waals surface area contributed by atoms with Crippen LogP contribution in [0, 0.1) is 0 Å². The highest BCUT2D eigenvalue weighted by molar-refractivity contribution is 7.55. The zero-order valence-electron chi connectivity index (χ0n) is 5.70.